The SMILES string of the molecule is Cc1ccc(NC(=O)C2CSCN2C(=O)Cn2cncn2)cc1C. The fraction of sp³-hybridized carbons (Fsp3) is 0.375. The number of anilines is 1. The van der Waals surface area contributed by atoms with E-state index in [0.717, 1.165) is 11.3 Å². The molecule has 1 aliphatic heterocycles. The molecule has 1 atom stereocenters. The second-order valence-corrected chi connectivity index (χ2v) is 6.76. The van der Waals surface area contributed by atoms with Gasteiger partial charge >= 0.3 is 0 Å². The molecule has 3 rings (SSSR count). The number of nitrogens with zero attached hydrogens (tertiary/aromatic N) is 4. The Kier molecular flexibility index (Phi) is 4.84. The third-order valence-electron chi connectivity index (χ3n) is 4.04. The van der Waals surface area contributed by atoms with E-state index in [1.54, 1.807) is 16.7 Å². The Morgan fingerprint density at radius 1 is 1.33 bits per heavy atom. The molecule has 8 heteroatoms. The summed E-state index contributed by atoms with van der Waals surface area (Å²) in [6, 6.07) is 5.33. The summed E-state index contributed by atoms with van der Waals surface area (Å²) in [4.78, 5) is 30.4. The summed E-state index contributed by atoms with van der Waals surface area (Å²) in [6.45, 7) is 4.12. The molecule has 2 aromatic rings. The average molecular weight is 345 g/mol. The summed E-state index contributed by atoms with van der Waals surface area (Å²) in [6.07, 6.45) is 2.88. The lowest BCUT2D eigenvalue weighted by Crippen LogP contribution is -2.45. The van der Waals surface area contributed by atoms with E-state index in [2.05, 4.69) is 15.4 Å². The fourth-order valence-corrected chi connectivity index (χ4v) is 3.67. The molecule has 1 fully saturated rings. The van der Waals surface area contributed by atoms with E-state index in [-0.39, 0.29) is 18.4 Å². The molecule has 0 bridgehead atoms. The van der Waals surface area contributed by atoms with Gasteiger partial charge in [0.15, 0.2) is 0 Å². The minimum absolute atomic E-state index is 0.0912. The van der Waals surface area contributed by atoms with Gasteiger partial charge in [-0.05, 0) is 37.1 Å². The number of benzene rings is 1. The zero-order chi connectivity index (χ0) is 17.1. The van der Waals surface area contributed by atoms with E-state index in [1.165, 1.54) is 22.9 Å². The average Bonchev–Trinajstić information content (AvgIpc) is 3.22. The van der Waals surface area contributed by atoms with E-state index >= 15 is 0 Å². The van der Waals surface area contributed by atoms with E-state index in [4.69, 9.17) is 0 Å². The van der Waals surface area contributed by atoms with Gasteiger partial charge in [0.1, 0.15) is 25.2 Å². The molecule has 1 aromatic heterocycles. The number of hydrogen-bond acceptors (Lipinski definition) is 5. The molecule has 0 aliphatic carbocycles. The van der Waals surface area contributed by atoms with Gasteiger partial charge in [-0.1, -0.05) is 6.07 Å². The maximum Gasteiger partial charge on any atom is 0.248 e. The molecule has 2 heterocycles. The molecule has 24 heavy (non-hydrogen) atoms. The predicted octanol–water partition coefficient (Wildman–Crippen LogP) is 1.44. The van der Waals surface area contributed by atoms with Crippen LogP contribution in [-0.4, -0.2) is 49.2 Å². The standard InChI is InChI=1S/C16H19N5O2S/c1-11-3-4-13(5-12(11)2)19-16(23)14-7-24-10-21(14)15(22)6-20-9-17-8-18-20/h3-5,8-9,14H,6-7,10H2,1-2H3,(H,19,23). The van der Waals surface area contributed by atoms with Crippen molar-refractivity contribution in [2.45, 2.75) is 26.4 Å². The number of hydrogen-bond donors (Lipinski definition) is 1. The quantitative estimate of drug-likeness (QED) is 0.907. The summed E-state index contributed by atoms with van der Waals surface area (Å²) >= 11 is 1.57. The predicted molar refractivity (Wildman–Crippen MR) is 92.5 cm³/mol. The van der Waals surface area contributed by atoms with Gasteiger partial charge in [0.25, 0.3) is 0 Å². The van der Waals surface area contributed by atoms with Crippen molar-refractivity contribution in [3.05, 3.63) is 42.0 Å². The van der Waals surface area contributed by atoms with Gasteiger partial charge in [0.05, 0.1) is 5.88 Å². The number of amides is 2. The Hall–Kier alpha value is -2.35. The Bertz CT molecular complexity index is 747. The maximum atomic E-state index is 12.6. The molecule has 1 aliphatic rings. The van der Waals surface area contributed by atoms with Crippen LogP contribution in [0.25, 0.3) is 0 Å². The van der Waals surface area contributed by atoms with Crippen molar-refractivity contribution in [2.24, 2.45) is 0 Å². The third-order valence-corrected chi connectivity index (χ3v) is 5.06. The molecule has 7 nitrogen and oxygen atoms in total. The normalized spacial score (nSPS) is 17.1. The number of nitrogens with one attached hydrogen (secondary N) is 1. The molecule has 1 N–H and O–H groups in total. The van der Waals surface area contributed by atoms with Crippen LogP contribution in [0.3, 0.4) is 0 Å². The Balaban J connectivity index is 1.66. The molecule has 0 radical (unpaired) electrons. The summed E-state index contributed by atoms with van der Waals surface area (Å²) < 4.78 is 1.46. The number of aryl methyl sites for hydroxylation is 2. The Morgan fingerprint density at radius 2 is 2.17 bits per heavy atom. The van der Waals surface area contributed by atoms with Crippen LogP contribution in [0.4, 0.5) is 5.69 Å². The van der Waals surface area contributed by atoms with Crippen molar-refractivity contribution in [2.75, 3.05) is 16.9 Å². The Morgan fingerprint density at radius 3 is 2.88 bits per heavy atom. The minimum Gasteiger partial charge on any atom is -0.324 e. The highest BCUT2D eigenvalue weighted by Crippen LogP contribution is 2.23. The monoisotopic (exact) mass is 345 g/mol. The van der Waals surface area contributed by atoms with E-state index < -0.39 is 6.04 Å². The molecule has 1 aromatic carbocycles. The number of aromatic nitrogens is 3. The molecule has 1 unspecified atom stereocenters. The van der Waals surface area contributed by atoms with Gasteiger partial charge < -0.3 is 10.2 Å². The van der Waals surface area contributed by atoms with Crippen molar-refractivity contribution in [1.82, 2.24) is 19.7 Å². The second-order valence-electron chi connectivity index (χ2n) is 5.76. The van der Waals surface area contributed by atoms with E-state index in [9.17, 15) is 9.59 Å². The summed E-state index contributed by atoms with van der Waals surface area (Å²) in [5, 5.41) is 6.85. The third kappa shape index (κ3) is 3.59. The van der Waals surface area contributed by atoms with Crippen LogP contribution in [0.5, 0.6) is 0 Å². The Labute approximate surface area is 144 Å². The van der Waals surface area contributed by atoms with Crippen LogP contribution >= 0.6 is 11.8 Å². The number of carbonyl (C=O) groups excluding carboxylic acids is 2. The highest BCUT2D eigenvalue weighted by molar-refractivity contribution is 7.99. The highest BCUT2D eigenvalue weighted by Gasteiger charge is 2.34. The summed E-state index contributed by atoms with van der Waals surface area (Å²) in [5.41, 5.74) is 3.05. The van der Waals surface area contributed by atoms with Gasteiger partial charge in [0, 0.05) is 11.4 Å². The molecular formula is C16H19N5O2S. The molecule has 2 amide bonds. The molecule has 1 saturated heterocycles. The number of rotatable bonds is 4. The van der Waals surface area contributed by atoms with E-state index in [1.807, 2.05) is 32.0 Å². The van der Waals surface area contributed by atoms with Crippen LogP contribution < -0.4 is 5.32 Å². The summed E-state index contributed by atoms with van der Waals surface area (Å²) in [5.74, 6) is 0.819. The van der Waals surface area contributed by atoms with Crippen molar-refractivity contribution >= 4 is 29.3 Å². The first-order valence-electron chi connectivity index (χ1n) is 7.62. The smallest absolute Gasteiger partial charge is 0.248 e. The van der Waals surface area contributed by atoms with Gasteiger partial charge in [-0.3, -0.25) is 9.59 Å². The van der Waals surface area contributed by atoms with Crippen molar-refractivity contribution in [3.63, 3.8) is 0 Å². The number of carbonyl (C=O) groups is 2. The second kappa shape index (κ2) is 7.04. The number of thioether (sulfide) groups is 1. The first-order valence-corrected chi connectivity index (χ1v) is 8.78. The first kappa shape index (κ1) is 16.5. The van der Waals surface area contributed by atoms with Crippen molar-refractivity contribution in [1.29, 1.82) is 0 Å². The van der Waals surface area contributed by atoms with Gasteiger partial charge in [-0.25, -0.2) is 9.67 Å². The topological polar surface area (TPSA) is 80.1 Å². The van der Waals surface area contributed by atoms with Crippen LogP contribution in [0.2, 0.25) is 0 Å². The van der Waals surface area contributed by atoms with Crippen molar-refractivity contribution in [3.8, 4) is 0 Å². The maximum absolute atomic E-state index is 12.6. The van der Waals surface area contributed by atoms with Gasteiger partial charge in [-0.15, -0.1) is 11.8 Å². The lowest BCUT2D eigenvalue weighted by molar-refractivity contribution is -0.136. The van der Waals surface area contributed by atoms with Crippen molar-refractivity contribution < 1.29 is 9.59 Å². The first-order chi connectivity index (χ1) is 11.5. The van der Waals surface area contributed by atoms with E-state index in [0.29, 0.717) is 11.6 Å². The van der Waals surface area contributed by atoms with Crippen LogP contribution in [0.1, 0.15) is 11.1 Å². The van der Waals surface area contributed by atoms with Gasteiger partial charge in [-0.2, -0.15) is 5.10 Å². The molecule has 0 spiro atoms. The minimum atomic E-state index is -0.465. The molecular weight excluding hydrogens is 326 g/mol. The zero-order valence-electron chi connectivity index (χ0n) is 13.6. The summed E-state index contributed by atoms with van der Waals surface area (Å²) in [7, 11) is 0. The van der Waals surface area contributed by atoms with Crippen LogP contribution in [-0.2, 0) is 16.1 Å². The van der Waals surface area contributed by atoms with Gasteiger partial charge in [0.2, 0.25) is 11.8 Å². The lowest BCUT2D eigenvalue weighted by atomic mass is 10.1. The highest BCUT2D eigenvalue weighted by atomic mass is 32.2. The fourth-order valence-electron chi connectivity index (χ4n) is 2.49. The zero-order valence-corrected chi connectivity index (χ0v) is 14.4. The van der Waals surface area contributed by atoms with Crippen LogP contribution in [0.15, 0.2) is 30.9 Å². The molecule has 126 valence electrons. The lowest BCUT2D eigenvalue weighted by Gasteiger charge is -2.23. The largest absolute Gasteiger partial charge is 0.324 e. The molecule has 0 saturated carbocycles. The van der Waals surface area contributed by atoms with Crippen LogP contribution in [0, 0.1) is 13.8 Å².